The SMILES string of the molecule is Cc1c(N2CCC[C@@H](F)C2)nc2ccc(Br)cc2c1C(=O)NC[C@H](CCC(=O)O)c1ccccc1OC(F)(F)F. The van der Waals surface area contributed by atoms with E-state index in [1.165, 1.54) is 18.2 Å². The van der Waals surface area contributed by atoms with E-state index in [4.69, 9.17) is 4.98 Å². The minimum Gasteiger partial charge on any atom is -0.481 e. The van der Waals surface area contributed by atoms with Crippen LogP contribution in [0, 0.1) is 6.92 Å². The Bertz CT molecular complexity index is 1400. The van der Waals surface area contributed by atoms with Crippen LogP contribution in [0.15, 0.2) is 46.9 Å². The van der Waals surface area contributed by atoms with Crippen LogP contribution in [0.4, 0.5) is 23.4 Å². The second kappa shape index (κ2) is 12.4. The lowest BCUT2D eigenvalue weighted by atomic mass is 9.92. The van der Waals surface area contributed by atoms with Gasteiger partial charge in [0.05, 0.1) is 17.6 Å². The number of carboxylic acids is 1. The number of piperidine rings is 1. The standard InChI is InChI=1S/C28H28BrF4N3O4/c1-16-25(21-13-18(29)9-10-22(21)35-26(16)36-12-4-5-19(30)15-36)27(39)34-14-17(8-11-24(37)38)20-6-2-3-7-23(20)40-28(31,32)33/h2-3,6-7,9-10,13,17,19H,4-5,8,11-12,14-15H2,1H3,(H,34,39)(H,37,38)/t17-,19+/m0/s1. The average molecular weight is 626 g/mol. The Hall–Kier alpha value is -3.41. The summed E-state index contributed by atoms with van der Waals surface area (Å²) in [5.41, 5.74) is 1.50. The van der Waals surface area contributed by atoms with E-state index in [1.54, 1.807) is 25.1 Å². The van der Waals surface area contributed by atoms with Gasteiger partial charge in [-0.25, -0.2) is 9.37 Å². The van der Waals surface area contributed by atoms with Crippen molar-refractivity contribution in [2.75, 3.05) is 24.5 Å². The van der Waals surface area contributed by atoms with Crippen molar-refractivity contribution in [1.29, 1.82) is 0 Å². The number of anilines is 1. The Kier molecular flexibility index (Phi) is 9.17. The summed E-state index contributed by atoms with van der Waals surface area (Å²) in [5, 5.41) is 12.6. The molecular formula is C28H28BrF4N3O4. The molecule has 1 saturated heterocycles. The number of halogens is 5. The highest BCUT2D eigenvalue weighted by atomic mass is 79.9. The highest BCUT2D eigenvalue weighted by molar-refractivity contribution is 9.10. The Balaban J connectivity index is 1.68. The number of nitrogens with one attached hydrogen (secondary N) is 1. The van der Waals surface area contributed by atoms with E-state index in [0.717, 1.165) is 6.07 Å². The lowest BCUT2D eigenvalue weighted by Gasteiger charge is -2.32. The molecule has 1 aliphatic heterocycles. The number of aliphatic carboxylic acids is 1. The van der Waals surface area contributed by atoms with Crippen molar-refractivity contribution < 1.29 is 37.0 Å². The maximum atomic E-state index is 14.2. The third-order valence-electron chi connectivity index (χ3n) is 6.86. The molecule has 2 heterocycles. The number of rotatable bonds is 9. The second-order valence-electron chi connectivity index (χ2n) is 9.71. The number of nitrogens with zero attached hydrogens (tertiary/aromatic N) is 2. The molecule has 2 atom stereocenters. The van der Waals surface area contributed by atoms with E-state index in [2.05, 4.69) is 26.0 Å². The van der Waals surface area contributed by atoms with Crippen molar-refractivity contribution in [1.82, 2.24) is 10.3 Å². The smallest absolute Gasteiger partial charge is 0.481 e. The summed E-state index contributed by atoms with van der Waals surface area (Å²) in [4.78, 5) is 31.6. The fourth-order valence-electron chi connectivity index (χ4n) is 5.04. The van der Waals surface area contributed by atoms with E-state index in [1.807, 2.05) is 4.90 Å². The molecule has 214 valence electrons. The zero-order valence-corrected chi connectivity index (χ0v) is 23.2. The number of ether oxygens (including phenoxy) is 1. The van der Waals surface area contributed by atoms with Gasteiger partial charge in [-0.2, -0.15) is 0 Å². The number of carbonyl (C=O) groups is 2. The highest BCUT2D eigenvalue weighted by Gasteiger charge is 2.33. The van der Waals surface area contributed by atoms with E-state index in [0.29, 0.717) is 51.7 Å². The molecule has 4 rings (SSSR count). The average Bonchev–Trinajstić information content (AvgIpc) is 2.88. The number of amides is 1. The molecule has 0 spiro atoms. The quantitative estimate of drug-likeness (QED) is 0.263. The predicted octanol–water partition coefficient (Wildman–Crippen LogP) is 6.52. The molecule has 0 aliphatic carbocycles. The summed E-state index contributed by atoms with van der Waals surface area (Å²) < 4.78 is 58.3. The topological polar surface area (TPSA) is 91.8 Å². The van der Waals surface area contributed by atoms with Crippen molar-refractivity contribution in [2.24, 2.45) is 0 Å². The van der Waals surface area contributed by atoms with Crippen LogP contribution in [0.3, 0.4) is 0 Å². The van der Waals surface area contributed by atoms with Crippen LogP contribution in [-0.2, 0) is 4.79 Å². The molecule has 7 nitrogen and oxygen atoms in total. The molecule has 0 radical (unpaired) electrons. The van der Waals surface area contributed by atoms with Crippen LogP contribution in [0.1, 0.15) is 53.1 Å². The van der Waals surface area contributed by atoms with Gasteiger partial charge in [0.25, 0.3) is 5.91 Å². The first-order valence-corrected chi connectivity index (χ1v) is 13.6. The maximum absolute atomic E-state index is 14.2. The number of alkyl halides is 4. The van der Waals surface area contributed by atoms with Gasteiger partial charge >= 0.3 is 12.3 Å². The van der Waals surface area contributed by atoms with Crippen LogP contribution in [0.25, 0.3) is 10.9 Å². The van der Waals surface area contributed by atoms with Gasteiger partial charge in [-0.3, -0.25) is 9.59 Å². The molecule has 0 saturated carbocycles. The first-order valence-electron chi connectivity index (χ1n) is 12.8. The first kappa shape index (κ1) is 29.6. The molecule has 1 fully saturated rings. The predicted molar refractivity (Wildman–Crippen MR) is 146 cm³/mol. The summed E-state index contributed by atoms with van der Waals surface area (Å²) in [6, 6.07) is 10.8. The minimum atomic E-state index is -4.94. The highest BCUT2D eigenvalue weighted by Crippen LogP contribution is 2.35. The number of hydrogen-bond acceptors (Lipinski definition) is 5. The second-order valence-corrected chi connectivity index (χ2v) is 10.6. The molecule has 0 bridgehead atoms. The van der Waals surface area contributed by atoms with Gasteiger partial charge in [0, 0.05) is 40.9 Å². The van der Waals surface area contributed by atoms with Gasteiger partial charge < -0.3 is 20.1 Å². The fourth-order valence-corrected chi connectivity index (χ4v) is 5.40. The van der Waals surface area contributed by atoms with Gasteiger partial charge in [-0.1, -0.05) is 34.1 Å². The summed E-state index contributed by atoms with van der Waals surface area (Å²) in [5.74, 6) is -2.38. The molecule has 12 heteroatoms. The summed E-state index contributed by atoms with van der Waals surface area (Å²) in [6.07, 6.45) is -5.21. The fraction of sp³-hybridized carbons (Fsp3) is 0.393. The summed E-state index contributed by atoms with van der Waals surface area (Å²) in [6.45, 7) is 2.33. The lowest BCUT2D eigenvalue weighted by Crippen LogP contribution is -2.38. The molecule has 2 N–H and O–H groups in total. The molecule has 2 aromatic carbocycles. The van der Waals surface area contributed by atoms with Crippen molar-refractivity contribution in [3.8, 4) is 5.75 Å². The minimum absolute atomic E-state index is 0.0353. The monoisotopic (exact) mass is 625 g/mol. The molecule has 1 aliphatic rings. The number of benzene rings is 2. The van der Waals surface area contributed by atoms with Crippen molar-refractivity contribution in [3.05, 3.63) is 63.6 Å². The van der Waals surface area contributed by atoms with Crippen LogP contribution >= 0.6 is 15.9 Å². The van der Waals surface area contributed by atoms with Gasteiger partial charge in [0.1, 0.15) is 17.7 Å². The number of carboxylic acid groups (broad SMARTS) is 1. The van der Waals surface area contributed by atoms with Crippen LogP contribution < -0.4 is 15.0 Å². The van der Waals surface area contributed by atoms with Crippen molar-refractivity contribution in [2.45, 2.75) is 51.1 Å². The lowest BCUT2D eigenvalue weighted by molar-refractivity contribution is -0.275. The summed E-state index contributed by atoms with van der Waals surface area (Å²) in [7, 11) is 0. The Labute approximate surface area is 236 Å². The normalized spacial score (nSPS) is 16.6. The Morgan fingerprint density at radius 1 is 1.25 bits per heavy atom. The Morgan fingerprint density at radius 3 is 2.70 bits per heavy atom. The summed E-state index contributed by atoms with van der Waals surface area (Å²) >= 11 is 3.42. The molecule has 1 aromatic heterocycles. The van der Waals surface area contributed by atoms with Gasteiger partial charge in [0.15, 0.2) is 0 Å². The molecule has 40 heavy (non-hydrogen) atoms. The number of para-hydroxylation sites is 1. The van der Waals surface area contributed by atoms with Gasteiger partial charge in [-0.05, 0) is 56.0 Å². The van der Waals surface area contributed by atoms with E-state index >= 15 is 0 Å². The third-order valence-corrected chi connectivity index (χ3v) is 7.35. The number of hydrogen-bond donors (Lipinski definition) is 2. The molecule has 1 amide bonds. The third kappa shape index (κ3) is 7.21. The zero-order chi connectivity index (χ0) is 29.0. The van der Waals surface area contributed by atoms with E-state index in [-0.39, 0.29) is 31.5 Å². The molecule has 3 aromatic rings. The van der Waals surface area contributed by atoms with Crippen LogP contribution in [0.2, 0.25) is 0 Å². The van der Waals surface area contributed by atoms with Gasteiger partial charge in [0.2, 0.25) is 0 Å². The largest absolute Gasteiger partial charge is 0.573 e. The number of fused-ring (bicyclic) bond motifs is 1. The number of pyridine rings is 1. The maximum Gasteiger partial charge on any atom is 0.573 e. The van der Waals surface area contributed by atoms with E-state index < -0.39 is 36.1 Å². The molecular weight excluding hydrogens is 598 g/mol. The van der Waals surface area contributed by atoms with Crippen LogP contribution in [0.5, 0.6) is 5.75 Å². The van der Waals surface area contributed by atoms with Crippen LogP contribution in [-0.4, -0.2) is 54.1 Å². The zero-order valence-electron chi connectivity index (χ0n) is 21.6. The number of carbonyl (C=O) groups excluding carboxylic acids is 1. The van der Waals surface area contributed by atoms with Crippen molar-refractivity contribution in [3.63, 3.8) is 0 Å². The first-order chi connectivity index (χ1) is 18.9. The number of aromatic nitrogens is 1. The van der Waals surface area contributed by atoms with Gasteiger partial charge in [-0.15, -0.1) is 13.2 Å². The van der Waals surface area contributed by atoms with E-state index in [9.17, 15) is 32.3 Å². The molecule has 0 unspecified atom stereocenters. The Morgan fingerprint density at radius 2 is 2.00 bits per heavy atom. The van der Waals surface area contributed by atoms with Crippen molar-refractivity contribution >= 4 is 44.5 Å².